The number of alkyl halides is 3. The van der Waals surface area contributed by atoms with Crippen molar-refractivity contribution in [3.05, 3.63) is 21.9 Å². The van der Waals surface area contributed by atoms with Crippen molar-refractivity contribution in [2.24, 2.45) is 0 Å². The quantitative estimate of drug-likeness (QED) is 0.680. The topological polar surface area (TPSA) is 0 Å². The summed E-state index contributed by atoms with van der Waals surface area (Å²) in [6.45, 7) is 3.71. The lowest BCUT2D eigenvalue weighted by atomic mass is 9.99. The van der Waals surface area contributed by atoms with Crippen molar-refractivity contribution in [2.75, 3.05) is 0 Å². The Morgan fingerprint density at radius 2 is 2.08 bits per heavy atom. The van der Waals surface area contributed by atoms with Crippen LogP contribution in [-0.4, -0.2) is 0 Å². The molecule has 1 atom stereocenters. The van der Waals surface area contributed by atoms with Gasteiger partial charge in [-0.1, -0.05) is 13.8 Å². The summed E-state index contributed by atoms with van der Waals surface area (Å²) in [7, 11) is 0. The highest BCUT2D eigenvalue weighted by Crippen LogP contribution is 2.39. The van der Waals surface area contributed by atoms with Gasteiger partial charge in [0.1, 0.15) is 4.88 Å². The Hall–Kier alpha value is -0.510. The second kappa shape index (κ2) is 3.70. The van der Waals surface area contributed by atoms with Crippen molar-refractivity contribution in [3.63, 3.8) is 0 Å². The van der Waals surface area contributed by atoms with Crippen molar-refractivity contribution < 1.29 is 13.2 Å². The SMILES string of the molecule is CCC(C)c1ccsc1C(F)(F)F. The first-order valence-electron chi connectivity index (χ1n) is 4.11. The molecule has 0 bridgehead atoms. The molecule has 1 heterocycles. The molecule has 0 spiro atoms. The molecule has 0 nitrogen and oxygen atoms in total. The van der Waals surface area contributed by atoms with E-state index in [0.29, 0.717) is 5.56 Å². The Labute approximate surface area is 79.4 Å². The van der Waals surface area contributed by atoms with Crippen LogP contribution in [0.25, 0.3) is 0 Å². The number of hydrogen-bond acceptors (Lipinski definition) is 1. The van der Waals surface area contributed by atoms with Gasteiger partial charge in [-0.25, -0.2) is 0 Å². The maximum absolute atomic E-state index is 12.4. The van der Waals surface area contributed by atoms with Gasteiger partial charge in [0.25, 0.3) is 0 Å². The van der Waals surface area contributed by atoms with E-state index >= 15 is 0 Å². The molecule has 1 aromatic rings. The average molecular weight is 208 g/mol. The fourth-order valence-electron chi connectivity index (χ4n) is 1.16. The number of thiophene rings is 1. The molecule has 13 heavy (non-hydrogen) atoms. The summed E-state index contributed by atoms with van der Waals surface area (Å²) in [5.74, 6) is -0.0112. The molecule has 0 N–H and O–H groups in total. The van der Waals surface area contributed by atoms with Gasteiger partial charge >= 0.3 is 6.18 Å². The van der Waals surface area contributed by atoms with E-state index in [4.69, 9.17) is 0 Å². The number of halogens is 3. The number of rotatable bonds is 2. The van der Waals surface area contributed by atoms with Gasteiger partial charge < -0.3 is 0 Å². The average Bonchev–Trinajstić information content (AvgIpc) is 2.49. The van der Waals surface area contributed by atoms with Crippen LogP contribution in [0.5, 0.6) is 0 Å². The first-order valence-corrected chi connectivity index (χ1v) is 4.99. The van der Waals surface area contributed by atoms with Gasteiger partial charge in [-0.05, 0) is 29.3 Å². The Kier molecular flexibility index (Phi) is 3.01. The minimum absolute atomic E-state index is 0.0112. The smallest absolute Gasteiger partial charge is 0.165 e. The van der Waals surface area contributed by atoms with Crippen LogP contribution in [0.2, 0.25) is 0 Å². The predicted octanol–water partition coefficient (Wildman–Crippen LogP) is 4.28. The Balaban J connectivity index is 3.03. The molecule has 1 rings (SSSR count). The molecular formula is C9H11F3S. The monoisotopic (exact) mass is 208 g/mol. The first-order chi connectivity index (χ1) is 5.96. The highest BCUT2D eigenvalue weighted by Gasteiger charge is 2.35. The summed E-state index contributed by atoms with van der Waals surface area (Å²) in [4.78, 5) is -0.443. The summed E-state index contributed by atoms with van der Waals surface area (Å²) >= 11 is 0.775. The second-order valence-electron chi connectivity index (χ2n) is 3.01. The molecule has 0 saturated carbocycles. The van der Waals surface area contributed by atoms with Gasteiger partial charge in [0.15, 0.2) is 0 Å². The standard InChI is InChI=1S/C9H11F3S/c1-3-6(2)7-4-5-13-8(7)9(10,11)12/h4-6H,3H2,1-2H3. The molecule has 1 unspecified atom stereocenters. The lowest BCUT2D eigenvalue weighted by Gasteiger charge is -2.11. The van der Waals surface area contributed by atoms with Crippen molar-refractivity contribution >= 4 is 11.3 Å². The lowest BCUT2D eigenvalue weighted by Crippen LogP contribution is -2.06. The van der Waals surface area contributed by atoms with Crippen LogP contribution < -0.4 is 0 Å². The summed E-state index contributed by atoms with van der Waals surface area (Å²) in [6, 6.07) is 1.57. The predicted molar refractivity (Wildman–Crippen MR) is 48.0 cm³/mol. The highest BCUT2D eigenvalue weighted by atomic mass is 32.1. The van der Waals surface area contributed by atoms with Crippen LogP contribution in [0.15, 0.2) is 11.4 Å². The zero-order valence-electron chi connectivity index (χ0n) is 7.48. The maximum Gasteiger partial charge on any atom is 0.425 e. The molecule has 0 saturated heterocycles. The molecule has 0 radical (unpaired) electrons. The minimum atomic E-state index is -4.19. The third-order valence-corrected chi connectivity index (χ3v) is 3.07. The Bertz CT molecular complexity index is 275. The molecule has 0 aromatic carbocycles. The van der Waals surface area contributed by atoms with Crippen LogP contribution in [0.3, 0.4) is 0 Å². The van der Waals surface area contributed by atoms with Crippen molar-refractivity contribution in [2.45, 2.75) is 32.4 Å². The summed E-state index contributed by atoms with van der Waals surface area (Å²) in [5, 5.41) is 1.50. The van der Waals surface area contributed by atoms with Gasteiger partial charge in [0.05, 0.1) is 0 Å². The molecule has 0 aliphatic carbocycles. The van der Waals surface area contributed by atoms with E-state index in [0.717, 1.165) is 17.8 Å². The van der Waals surface area contributed by atoms with Crippen molar-refractivity contribution in [1.29, 1.82) is 0 Å². The highest BCUT2D eigenvalue weighted by molar-refractivity contribution is 7.10. The van der Waals surface area contributed by atoms with E-state index in [2.05, 4.69) is 0 Å². The molecular weight excluding hydrogens is 197 g/mol. The van der Waals surface area contributed by atoms with Crippen LogP contribution >= 0.6 is 11.3 Å². The molecule has 0 aliphatic heterocycles. The van der Waals surface area contributed by atoms with E-state index in [1.54, 1.807) is 6.07 Å². The van der Waals surface area contributed by atoms with Gasteiger partial charge in [-0.2, -0.15) is 13.2 Å². The molecule has 1 aromatic heterocycles. The largest absolute Gasteiger partial charge is 0.425 e. The Morgan fingerprint density at radius 3 is 2.54 bits per heavy atom. The van der Waals surface area contributed by atoms with E-state index < -0.39 is 11.1 Å². The summed E-state index contributed by atoms with van der Waals surface area (Å²) in [6.07, 6.45) is -3.45. The third kappa shape index (κ3) is 2.24. The number of hydrogen-bond donors (Lipinski definition) is 0. The van der Waals surface area contributed by atoms with E-state index in [1.165, 1.54) is 5.38 Å². The fraction of sp³-hybridized carbons (Fsp3) is 0.556. The molecule has 0 fully saturated rings. The molecule has 0 aliphatic rings. The Morgan fingerprint density at radius 1 is 1.46 bits per heavy atom. The van der Waals surface area contributed by atoms with E-state index in [1.807, 2.05) is 13.8 Å². The van der Waals surface area contributed by atoms with Crippen LogP contribution in [0, 0.1) is 0 Å². The van der Waals surface area contributed by atoms with E-state index in [9.17, 15) is 13.2 Å². The van der Waals surface area contributed by atoms with Crippen molar-refractivity contribution in [1.82, 2.24) is 0 Å². The van der Waals surface area contributed by atoms with Gasteiger partial charge in [-0.15, -0.1) is 11.3 Å². The van der Waals surface area contributed by atoms with Gasteiger partial charge in [-0.3, -0.25) is 0 Å². The van der Waals surface area contributed by atoms with Crippen LogP contribution in [0.1, 0.15) is 36.6 Å². The molecule has 0 amide bonds. The summed E-state index contributed by atoms with van der Waals surface area (Å²) in [5.41, 5.74) is 0.431. The second-order valence-corrected chi connectivity index (χ2v) is 3.93. The lowest BCUT2D eigenvalue weighted by molar-refractivity contribution is -0.135. The molecule has 4 heteroatoms. The normalized spacial score (nSPS) is 14.5. The minimum Gasteiger partial charge on any atom is -0.165 e. The van der Waals surface area contributed by atoms with Gasteiger partial charge in [0.2, 0.25) is 0 Å². The first kappa shape index (κ1) is 10.6. The van der Waals surface area contributed by atoms with Crippen LogP contribution in [-0.2, 0) is 6.18 Å². The zero-order valence-corrected chi connectivity index (χ0v) is 8.30. The summed E-state index contributed by atoms with van der Waals surface area (Å²) < 4.78 is 37.2. The van der Waals surface area contributed by atoms with Gasteiger partial charge in [0, 0.05) is 0 Å². The third-order valence-electron chi connectivity index (χ3n) is 2.10. The maximum atomic E-state index is 12.4. The molecule has 74 valence electrons. The fourth-order valence-corrected chi connectivity index (χ4v) is 2.05. The van der Waals surface area contributed by atoms with Crippen LogP contribution in [0.4, 0.5) is 13.2 Å². The van der Waals surface area contributed by atoms with Crippen molar-refractivity contribution in [3.8, 4) is 0 Å². The van der Waals surface area contributed by atoms with E-state index in [-0.39, 0.29) is 5.92 Å². The zero-order chi connectivity index (χ0) is 10.1.